The smallest absolute Gasteiger partial charge is 0.319 e. The number of hydrogen-bond acceptors (Lipinski definition) is 4. The van der Waals surface area contributed by atoms with Crippen molar-refractivity contribution in [1.82, 2.24) is 5.32 Å². The average Bonchev–Trinajstić information content (AvgIpc) is 2.61. The zero-order valence-electron chi connectivity index (χ0n) is 13.8. The summed E-state index contributed by atoms with van der Waals surface area (Å²) in [6, 6.07) is 10.5. The summed E-state index contributed by atoms with van der Waals surface area (Å²) in [6.45, 7) is 3.66. The number of carbonyl (C=O) groups excluding carboxylic acids is 1. The van der Waals surface area contributed by atoms with Crippen LogP contribution in [0.25, 0.3) is 0 Å². The monoisotopic (exact) mass is 362 g/mol. The summed E-state index contributed by atoms with van der Waals surface area (Å²) in [6.07, 6.45) is 0. The van der Waals surface area contributed by atoms with Crippen LogP contribution in [0, 0.1) is 6.92 Å². The maximum absolute atomic E-state index is 11.9. The largest absolute Gasteiger partial charge is 0.490 e. The topological polar surface area (TPSA) is 68.8 Å². The fourth-order valence-corrected chi connectivity index (χ4v) is 2.52. The summed E-state index contributed by atoms with van der Waals surface area (Å²) in [5, 5.41) is 6.02. The zero-order chi connectivity index (χ0) is 17.6. The van der Waals surface area contributed by atoms with Gasteiger partial charge in [0.15, 0.2) is 11.5 Å². The fourth-order valence-electron chi connectivity index (χ4n) is 2.34. The predicted octanol–water partition coefficient (Wildman–Crippen LogP) is 3.62. The number of aryl methyl sites for hydroxylation is 1. The first-order valence-electron chi connectivity index (χ1n) is 7.95. The molecule has 6 nitrogen and oxygen atoms in total. The lowest BCUT2D eigenvalue weighted by Crippen LogP contribution is -2.32. The Labute approximate surface area is 151 Å². The number of fused-ring (bicyclic) bond motifs is 1. The Bertz CT molecular complexity index is 767. The molecule has 0 unspecified atom stereocenters. The molecule has 0 spiro atoms. The maximum Gasteiger partial charge on any atom is 0.319 e. The molecule has 2 N–H and O–H groups in total. The Morgan fingerprint density at radius 1 is 1.16 bits per heavy atom. The number of amides is 2. The van der Waals surface area contributed by atoms with Crippen LogP contribution in [-0.2, 0) is 0 Å². The average molecular weight is 363 g/mol. The van der Waals surface area contributed by atoms with Crippen LogP contribution in [0.5, 0.6) is 17.2 Å². The molecular weight excluding hydrogens is 344 g/mol. The molecule has 25 heavy (non-hydrogen) atoms. The van der Waals surface area contributed by atoms with Gasteiger partial charge in [0.2, 0.25) is 0 Å². The molecule has 1 heterocycles. The summed E-state index contributed by atoms with van der Waals surface area (Å²) >= 11 is 6.06. The highest BCUT2D eigenvalue weighted by Gasteiger charge is 2.12. The Balaban J connectivity index is 1.44. The summed E-state index contributed by atoms with van der Waals surface area (Å²) in [7, 11) is 0. The highest BCUT2D eigenvalue weighted by Crippen LogP contribution is 2.32. The van der Waals surface area contributed by atoms with E-state index in [4.69, 9.17) is 25.8 Å². The van der Waals surface area contributed by atoms with E-state index in [1.807, 2.05) is 19.1 Å². The van der Waals surface area contributed by atoms with Crippen LogP contribution in [0.15, 0.2) is 36.4 Å². The third-order valence-corrected chi connectivity index (χ3v) is 3.84. The lowest BCUT2D eigenvalue weighted by Gasteiger charge is -2.19. The number of urea groups is 1. The molecule has 2 amide bonds. The molecule has 0 bridgehead atoms. The van der Waals surface area contributed by atoms with Gasteiger partial charge in [-0.25, -0.2) is 4.79 Å². The molecule has 2 aromatic rings. The number of carbonyl (C=O) groups is 1. The minimum Gasteiger partial charge on any atom is -0.490 e. The van der Waals surface area contributed by atoms with Crippen LogP contribution >= 0.6 is 11.6 Å². The molecule has 7 heteroatoms. The molecule has 3 rings (SSSR count). The number of ether oxygens (including phenoxy) is 3. The van der Waals surface area contributed by atoms with Crippen LogP contribution in [0.3, 0.4) is 0 Å². The van der Waals surface area contributed by atoms with E-state index >= 15 is 0 Å². The first-order valence-corrected chi connectivity index (χ1v) is 8.33. The number of benzene rings is 2. The highest BCUT2D eigenvalue weighted by atomic mass is 35.5. The van der Waals surface area contributed by atoms with Crippen molar-refractivity contribution in [2.75, 3.05) is 31.7 Å². The lowest BCUT2D eigenvalue weighted by atomic mass is 10.2. The lowest BCUT2D eigenvalue weighted by molar-refractivity contribution is 0.171. The van der Waals surface area contributed by atoms with Gasteiger partial charge in [-0.2, -0.15) is 0 Å². The van der Waals surface area contributed by atoms with E-state index < -0.39 is 0 Å². The number of halogens is 1. The normalized spacial score (nSPS) is 12.4. The first-order chi connectivity index (χ1) is 12.1. The van der Waals surface area contributed by atoms with E-state index in [0.29, 0.717) is 54.3 Å². The first kappa shape index (κ1) is 17.2. The van der Waals surface area contributed by atoms with E-state index in [-0.39, 0.29) is 6.03 Å². The Kier molecular flexibility index (Phi) is 5.50. The van der Waals surface area contributed by atoms with Crippen molar-refractivity contribution in [3.63, 3.8) is 0 Å². The molecule has 0 atom stereocenters. The van der Waals surface area contributed by atoms with Crippen LogP contribution in [0.2, 0.25) is 5.02 Å². The van der Waals surface area contributed by atoms with Gasteiger partial charge in [-0.1, -0.05) is 17.7 Å². The zero-order valence-corrected chi connectivity index (χ0v) is 14.6. The van der Waals surface area contributed by atoms with Crippen molar-refractivity contribution in [2.45, 2.75) is 6.92 Å². The van der Waals surface area contributed by atoms with Crippen molar-refractivity contribution in [2.24, 2.45) is 0 Å². The van der Waals surface area contributed by atoms with Gasteiger partial charge in [0, 0.05) is 11.8 Å². The van der Waals surface area contributed by atoms with Gasteiger partial charge >= 0.3 is 6.03 Å². The third kappa shape index (κ3) is 4.70. The summed E-state index contributed by atoms with van der Waals surface area (Å²) in [5.41, 5.74) is 1.69. The van der Waals surface area contributed by atoms with E-state index in [0.717, 1.165) is 5.56 Å². The third-order valence-electron chi connectivity index (χ3n) is 3.53. The molecule has 0 saturated carbocycles. The molecule has 1 aliphatic rings. The van der Waals surface area contributed by atoms with E-state index in [1.54, 1.807) is 24.3 Å². The maximum atomic E-state index is 11.9. The summed E-state index contributed by atoms with van der Waals surface area (Å²) in [4.78, 5) is 11.9. The van der Waals surface area contributed by atoms with Crippen molar-refractivity contribution >= 4 is 23.3 Å². The van der Waals surface area contributed by atoms with E-state index in [9.17, 15) is 4.79 Å². The number of anilines is 1. The molecular formula is C18H19ClN2O4. The van der Waals surface area contributed by atoms with Crippen LogP contribution in [0.4, 0.5) is 10.5 Å². The van der Waals surface area contributed by atoms with Gasteiger partial charge < -0.3 is 24.8 Å². The molecule has 0 saturated heterocycles. The molecule has 2 aromatic carbocycles. The number of nitrogens with one attached hydrogen (secondary N) is 2. The molecule has 0 aromatic heterocycles. The molecule has 0 aliphatic carbocycles. The van der Waals surface area contributed by atoms with Gasteiger partial charge in [0.1, 0.15) is 25.6 Å². The van der Waals surface area contributed by atoms with Gasteiger partial charge in [0.25, 0.3) is 0 Å². The second-order valence-corrected chi connectivity index (χ2v) is 5.93. The Morgan fingerprint density at radius 3 is 2.80 bits per heavy atom. The van der Waals surface area contributed by atoms with Gasteiger partial charge in [0.05, 0.1) is 11.6 Å². The minimum absolute atomic E-state index is 0.317. The second-order valence-electron chi connectivity index (χ2n) is 5.52. The molecule has 0 radical (unpaired) electrons. The van der Waals surface area contributed by atoms with Crippen molar-refractivity contribution in [1.29, 1.82) is 0 Å². The Hall–Kier alpha value is -2.60. The summed E-state index contributed by atoms with van der Waals surface area (Å²) in [5.74, 6) is 1.91. The van der Waals surface area contributed by atoms with Crippen LogP contribution in [-0.4, -0.2) is 32.4 Å². The quantitative estimate of drug-likeness (QED) is 0.797. The van der Waals surface area contributed by atoms with Gasteiger partial charge in [-0.05, 0) is 36.8 Å². The highest BCUT2D eigenvalue weighted by molar-refractivity contribution is 6.32. The molecule has 0 fully saturated rings. The minimum atomic E-state index is -0.324. The van der Waals surface area contributed by atoms with Crippen LogP contribution < -0.4 is 24.8 Å². The van der Waals surface area contributed by atoms with Gasteiger partial charge in [-0.3, -0.25) is 0 Å². The second kappa shape index (κ2) is 7.98. The standard InChI is InChI=1S/C18H19ClN2O4/c1-12-2-4-14(19)16(10-12)23-7-6-20-18(22)21-13-3-5-15-17(11-13)25-9-8-24-15/h2-5,10-11H,6-9H2,1H3,(H2,20,21,22). The summed E-state index contributed by atoms with van der Waals surface area (Å²) < 4.78 is 16.5. The molecule has 132 valence electrons. The Morgan fingerprint density at radius 2 is 1.96 bits per heavy atom. The van der Waals surface area contributed by atoms with Crippen molar-refractivity contribution in [3.05, 3.63) is 47.0 Å². The number of rotatable bonds is 5. The molecule has 1 aliphatic heterocycles. The number of hydrogen-bond donors (Lipinski definition) is 2. The predicted molar refractivity (Wildman–Crippen MR) is 96.1 cm³/mol. The fraction of sp³-hybridized carbons (Fsp3) is 0.278. The van der Waals surface area contributed by atoms with E-state index in [1.165, 1.54) is 0 Å². The van der Waals surface area contributed by atoms with Crippen molar-refractivity contribution in [3.8, 4) is 17.2 Å². The van der Waals surface area contributed by atoms with E-state index in [2.05, 4.69) is 10.6 Å². The van der Waals surface area contributed by atoms with Gasteiger partial charge in [-0.15, -0.1) is 0 Å². The van der Waals surface area contributed by atoms with Crippen molar-refractivity contribution < 1.29 is 19.0 Å². The van der Waals surface area contributed by atoms with Crippen LogP contribution in [0.1, 0.15) is 5.56 Å². The SMILES string of the molecule is Cc1ccc(Cl)c(OCCNC(=O)Nc2ccc3c(c2)OCCO3)c1.